The first-order chi connectivity index (χ1) is 8.91. The molecule has 0 radical (unpaired) electrons. The summed E-state index contributed by atoms with van der Waals surface area (Å²) in [7, 11) is 0. The van der Waals surface area contributed by atoms with Gasteiger partial charge >= 0.3 is 5.97 Å². The largest absolute Gasteiger partial charge is 0.508 e. The Hall–Kier alpha value is -1.33. The van der Waals surface area contributed by atoms with E-state index in [1.165, 1.54) is 6.07 Å². The molecule has 19 heavy (non-hydrogen) atoms. The summed E-state index contributed by atoms with van der Waals surface area (Å²) in [6, 6.07) is 4.91. The second-order valence-electron chi connectivity index (χ2n) is 4.44. The molecule has 3 N–H and O–H groups in total. The molecule has 5 heteroatoms. The van der Waals surface area contributed by atoms with Gasteiger partial charge in [-0.25, -0.2) is 4.79 Å². The van der Waals surface area contributed by atoms with Crippen LogP contribution in [-0.4, -0.2) is 21.3 Å². The molecule has 0 bridgehead atoms. The number of aromatic hydroxyl groups is 1. The molecule has 1 rings (SSSR count). The number of aliphatic carboxylic acids is 1. The normalized spacial score (nSPS) is 14.5. The zero-order chi connectivity index (χ0) is 14.4. The third-order valence-corrected chi connectivity index (χ3v) is 3.39. The molecule has 0 fully saturated rings. The number of phenols is 1. The van der Waals surface area contributed by atoms with E-state index in [0.29, 0.717) is 18.4 Å². The summed E-state index contributed by atoms with van der Waals surface area (Å²) in [6.45, 7) is 1.86. The Labute approximate surface area is 120 Å². The number of hydrogen-bond acceptors (Lipinski definition) is 3. The Morgan fingerprint density at radius 3 is 2.79 bits per heavy atom. The number of aliphatic hydroxyl groups is 1. The summed E-state index contributed by atoms with van der Waals surface area (Å²) in [5, 5.41) is 28.4. The SMILES string of the molecule is C[C@@H](CC/C=C/C(=O)O)[C@H](O)c1cc(Br)ccc1O. The molecular weight excluding hydrogens is 312 g/mol. The Morgan fingerprint density at radius 2 is 2.16 bits per heavy atom. The average Bonchev–Trinajstić information content (AvgIpc) is 2.36. The standard InChI is InChI=1S/C14H17BrO4/c1-9(4-2-3-5-13(17)18)14(19)11-8-10(15)6-7-12(11)16/h3,5-9,14,16,19H,2,4H2,1H3,(H,17,18)/b5-3+/t9-,14-/m0/s1. The van der Waals surface area contributed by atoms with Crippen LogP contribution in [-0.2, 0) is 4.79 Å². The van der Waals surface area contributed by atoms with E-state index in [9.17, 15) is 15.0 Å². The van der Waals surface area contributed by atoms with Crippen LogP contribution in [0.2, 0.25) is 0 Å². The lowest BCUT2D eigenvalue weighted by molar-refractivity contribution is -0.131. The van der Waals surface area contributed by atoms with Gasteiger partial charge in [-0.1, -0.05) is 28.9 Å². The minimum absolute atomic E-state index is 0.0589. The maximum absolute atomic E-state index is 10.3. The minimum Gasteiger partial charge on any atom is -0.508 e. The molecule has 1 aromatic carbocycles. The number of aliphatic hydroxyl groups excluding tert-OH is 1. The van der Waals surface area contributed by atoms with Crippen LogP contribution in [0, 0.1) is 5.92 Å². The van der Waals surface area contributed by atoms with Gasteiger partial charge in [-0.05, 0) is 37.0 Å². The molecule has 0 aromatic heterocycles. The lowest BCUT2D eigenvalue weighted by atomic mass is 9.93. The van der Waals surface area contributed by atoms with Crippen LogP contribution >= 0.6 is 15.9 Å². The number of carbonyl (C=O) groups is 1. The fourth-order valence-electron chi connectivity index (χ4n) is 1.77. The highest BCUT2D eigenvalue weighted by Gasteiger charge is 2.19. The van der Waals surface area contributed by atoms with Crippen molar-refractivity contribution in [3.8, 4) is 5.75 Å². The first-order valence-electron chi connectivity index (χ1n) is 5.97. The minimum atomic E-state index is -0.974. The van der Waals surface area contributed by atoms with Gasteiger partial charge < -0.3 is 15.3 Å². The molecule has 0 saturated carbocycles. The zero-order valence-corrected chi connectivity index (χ0v) is 12.2. The van der Waals surface area contributed by atoms with Gasteiger partial charge in [0.1, 0.15) is 5.75 Å². The molecule has 1 aromatic rings. The molecule has 0 aliphatic rings. The average molecular weight is 329 g/mol. The predicted molar refractivity (Wildman–Crippen MR) is 75.9 cm³/mol. The number of hydrogen-bond donors (Lipinski definition) is 3. The molecule has 0 saturated heterocycles. The van der Waals surface area contributed by atoms with E-state index < -0.39 is 12.1 Å². The van der Waals surface area contributed by atoms with E-state index in [1.807, 2.05) is 6.92 Å². The first-order valence-corrected chi connectivity index (χ1v) is 6.77. The summed E-state index contributed by atoms with van der Waals surface area (Å²) >= 11 is 3.29. The molecule has 0 heterocycles. The molecule has 0 unspecified atom stereocenters. The van der Waals surface area contributed by atoms with Crippen LogP contribution in [0.25, 0.3) is 0 Å². The van der Waals surface area contributed by atoms with Crippen LogP contribution in [0.15, 0.2) is 34.8 Å². The van der Waals surface area contributed by atoms with E-state index in [-0.39, 0.29) is 11.7 Å². The van der Waals surface area contributed by atoms with Gasteiger partial charge in [0.2, 0.25) is 0 Å². The fourth-order valence-corrected chi connectivity index (χ4v) is 2.15. The second kappa shape index (κ2) is 7.31. The Kier molecular flexibility index (Phi) is 6.05. The predicted octanol–water partition coefficient (Wildman–Crippen LogP) is 3.25. The maximum Gasteiger partial charge on any atom is 0.327 e. The summed E-state index contributed by atoms with van der Waals surface area (Å²) in [5.74, 6) is -1.000. The Bertz CT molecular complexity index is 471. The van der Waals surface area contributed by atoms with Gasteiger partial charge in [0.25, 0.3) is 0 Å². The molecule has 0 aliphatic heterocycles. The van der Waals surface area contributed by atoms with Gasteiger partial charge in [0, 0.05) is 16.1 Å². The number of allylic oxidation sites excluding steroid dienone is 1. The van der Waals surface area contributed by atoms with Crippen LogP contribution in [0.3, 0.4) is 0 Å². The summed E-state index contributed by atoms with van der Waals surface area (Å²) in [5.41, 5.74) is 0.476. The maximum atomic E-state index is 10.3. The monoisotopic (exact) mass is 328 g/mol. The van der Waals surface area contributed by atoms with Crippen molar-refractivity contribution in [2.45, 2.75) is 25.9 Å². The first kappa shape index (κ1) is 15.7. The van der Waals surface area contributed by atoms with E-state index in [4.69, 9.17) is 5.11 Å². The van der Waals surface area contributed by atoms with Crippen molar-refractivity contribution in [1.29, 1.82) is 0 Å². The molecule has 104 valence electrons. The van der Waals surface area contributed by atoms with Crippen molar-refractivity contribution in [3.05, 3.63) is 40.4 Å². The number of phenolic OH excluding ortho intramolecular Hbond substituents is 1. The van der Waals surface area contributed by atoms with Gasteiger partial charge in [-0.2, -0.15) is 0 Å². The number of carboxylic acids is 1. The topological polar surface area (TPSA) is 77.8 Å². The van der Waals surface area contributed by atoms with Crippen molar-refractivity contribution in [1.82, 2.24) is 0 Å². The molecule has 0 aliphatic carbocycles. The van der Waals surface area contributed by atoms with Gasteiger partial charge in [0.15, 0.2) is 0 Å². The zero-order valence-electron chi connectivity index (χ0n) is 10.6. The van der Waals surface area contributed by atoms with Gasteiger partial charge in [0.05, 0.1) is 6.10 Å². The number of rotatable bonds is 6. The number of halogens is 1. The Morgan fingerprint density at radius 1 is 1.47 bits per heavy atom. The number of benzene rings is 1. The van der Waals surface area contributed by atoms with Gasteiger partial charge in [-0.3, -0.25) is 0 Å². The fraction of sp³-hybridized carbons (Fsp3) is 0.357. The van der Waals surface area contributed by atoms with Crippen molar-refractivity contribution >= 4 is 21.9 Å². The van der Waals surface area contributed by atoms with Crippen LogP contribution in [0.1, 0.15) is 31.4 Å². The van der Waals surface area contributed by atoms with E-state index in [1.54, 1.807) is 18.2 Å². The van der Waals surface area contributed by atoms with E-state index in [0.717, 1.165) is 10.5 Å². The lowest BCUT2D eigenvalue weighted by Crippen LogP contribution is -2.09. The van der Waals surface area contributed by atoms with Crippen LogP contribution in [0.4, 0.5) is 0 Å². The highest BCUT2D eigenvalue weighted by Crippen LogP contribution is 2.33. The molecular formula is C14H17BrO4. The van der Waals surface area contributed by atoms with E-state index >= 15 is 0 Å². The van der Waals surface area contributed by atoms with E-state index in [2.05, 4.69) is 15.9 Å². The summed E-state index contributed by atoms with van der Waals surface area (Å²) in [6.07, 6.45) is 3.08. The van der Waals surface area contributed by atoms with Crippen molar-refractivity contribution in [3.63, 3.8) is 0 Å². The smallest absolute Gasteiger partial charge is 0.327 e. The highest BCUT2D eigenvalue weighted by atomic mass is 79.9. The van der Waals surface area contributed by atoms with Crippen molar-refractivity contribution < 1.29 is 20.1 Å². The lowest BCUT2D eigenvalue weighted by Gasteiger charge is -2.19. The molecule has 0 amide bonds. The van der Waals surface area contributed by atoms with Crippen LogP contribution < -0.4 is 0 Å². The quantitative estimate of drug-likeness (QED) is 0.700. The third-order valence-electron chi connectivity index (χ3n) is 2.90. The number of carboxylic acid groups (broad SMARTS) is 1. The van der Waals surface area contributed by atoms with Gasteiger partial charge in [-0.15, -0.1) is 0 Å². The third kappa shape index (κ3) is 5.04. The molecule has 4 nitrogen and oxygen atoms in total. The molecule has 0 spiro atoms. The Balaban J connectivity index is 2.63. The highest BCUT2D eigenvalue weighted by molar-refractivity contribution is 9.10. The summed E-state index contributed by atoms with van der Waals surface area (Å²) in [4.78, 5) is 10.3. The van der Waals surface area contributed by atoms with Crippen molar-refractivity contribution in [2.24, 2.45) is 5.92 Å². The second-order valence-corrected chi connectivity index (χ2v) is 5.36. The molecule has 2 atom stereocenters. The summed E-state index contributed by atoms with van der Waals surface area (Å²) < 4.78 is 0.789. The van der Waals surface area contributed by atoms with Crippen LogP contribution in [0.5, 0.6) is 5.75 Å². The van der Waals surface area contributed by atoms with Crippen molar-refractivity contribution in [2.75, 3.05) is 0 Å².